The van der Waals surface area contributed by atoms with Crippen LogP contribution < -0.4 is 10.1 Å². The smallest absolute Gasteiger partial charge is 0.391 e. The lowest BCUT2D eigenvalue weighted by Gasteiger charge is -2.20. The monoisotopic (exact) mass is 383 g/mol. The highest BCUT2D eigenvalue weighted by Gasteiger charge is 2.37. The van der Waals surface area contributed by atoms with Crippen LogP contribution in [0.5, 0.6) is 5.75 Å². The lowest BCUT2D eigenvalue weighted by Crippen LogP contribution is -2.48. The van der Waals surface area contributed by atoms with Crippen LogP contribution in [0, 0.1) is 0 Å². The summed E-state index contributed by atoms with van der Waals surface area (Å²) in [5.74, 6) is -2.40. The number of ether oxygens (including phenoxy) is 1. The van der Waals surface area contributed by atoms with Crippen molar-refractivity contribution in [3.8, 4) is 5.75 Å². The average Bonchev–Trinajstić information content (AvgIpc) is 2.38. The second-order valence-electron chi connectivity index (χ2n) is 4.41. The molecule has 0 aliphatic carbocycles. The van der Waals surface area contributed by atoms with Gasteiger partial charge in [-0.15, -0.1) is 0 Å². The average molecular weight is 384 g/mol. The van der Waals surface area contributed by atoms with Crippen molar-refractivity contribution >= 4 is 27.8 Å². The van der Waals surface area contributed by atoms with Crippen molar-refractivity contribution < 1.29 is 32.6 Å². The van der Waals surface area contributed by atoms with Crippen molar-refractivity contribution in [1.82, 2.24) is 5.32 Å². The number of halogens is 4. The molecule has 0 fully saturated rings. The minimum absolute atomic E-state index is 0.313. The van der Waals surface area contributed by atoms with E-state index in [9.17, 15) is 22.8 Å². The van der Waals surface area contributed by atoms with Crippen LogP contribution in [0.25, 0.3) is 0 Å². The number of alkyl halides is 3. The van der Waals surface area contributed by atoms with Gasteiger partial charge in [-0.3, -0.25) is 4.79 Å². The molecular formula is C13H13BrF3NO4. The molecule has 2 N–H and O–H groups in total. The number of aliphatic carboxylic acids is 1. The summed E-state index contributed by atoms with van der Waals surface area (Å²) >= 11 is 3.19. The molecule has 0 radical (unpaired) electrons. The van der Waals surface area contributed by atoms with Crippen molar-refractivity contribution in [3.05, 3.63) is 28.7 Å². The SMILES string of the molecule is CC(Oc1ccccc1Br)C(=O)NC(CC(F)(F)F)C(=O)O. The number of benzene rings is 1. The van der Waals surface area contributed by atoms with E-state index < -0.39 is 36.6 Å². The third-order valence-corrected chi connectivity index (χ3v) is 3.21. The fourth-order valence-corrected chi connectivity index (χ4v) is 1.88. The molecule has 1 aromatic rings. The van der Waals surface area contributed by atoms with Gasteiger partial charge in [0.2, 0.25) is 0 Å². The molecule has 22 heavy (non-hydrogen) atoms. The highest BCUT2D eigenvalue weighted by Crippen LogP contribution is 2.25. The van der Waals surface area contributed by atoms with Gasteiger partial charge >= 0.3 is 12.1 Å². The molecule has 9 heteroatoms. The Kier molecular flexibility index (Phi) is 6.21. The summed E-state index contributed by atoms with van der Waals surface area (Å²) in [5, 5.41) is 10.6. The maximum Gasteiger partial charge on any atom is 0.391 e. The van der Waals surface area contributed by atoms with Crippen LogP contribution in [-0.2, 0) is 9.59 Å². The molecule has 5 nitrogen and oxygen atoms in total. The summed E-state index contributed by atoms with van der Waals surface area (Å²) in [5.41, 5.74) is 0. The van der Waals surface area contributed by atoms with Crippen LogP contribution in [0.15, 0.2) is 28.7 Å². The zero-order chi connectivity index (χ0) is 16.9. The Bertz CT molecular complexity index is 550. The number of carboxylic acid groups (broad SMARTS) is 1. The molecule has 122 valence electrons. The van der Waals surface area contributed by atoms with Crippen molar-refractivity contribution in [3.63, 3.8) is 0 Å². The largest absolute Gasteiger partial charge is 0.480 e. The topological polar surface area (TPSA) is 75.6 Å². The number of hydrogen-bond donors (Lipinski definition) is 2. The first kappa shape index (κ1) is 18.3. The van der Waals surface area contributed by atoms with Crippen LogP contribution in [0.2, 0.25) is 0 Å². The third-order valence-electron chi connectivity index (χ3n) is 2.56. The van der Waals surface area contributed by atoms with E-state index in [1.54, 1.807) is 24.3 Å². The summed E-state index contributed by atoms with van der Waals surface area (Å²) in [6, 6.07) is 4.51. The fourth-order valence-electron chi connectivity index (χ4n) is 1.50. The van der Waals surface area contributed by atoms with Gasteiger partial charge in [0.25, 0.3) is 5.91 Å². The zero-order valence-corrected chi connectivity index (χ0v) is 12.9. The molecule has 0 saturated heterocycles. The predicted octanol–water partition coefficient (Wildman–Crippen LogP) is 2.74. The number of carboxylic acids is 1. The molecule has 0 saturated carbocycles. The van der Waals surface area contributed by atoms with Crippen LogP contribution in [0.1, 0.15) is 13.3 Å². The summed E-state index contributed by atoms with van der Waals surface area (Å²) in [6.45, 7) is 1.31. The van der Waals surface area contributed by atoms with Gasteiger partial charge in [-0.25, -0.2) is 4.79 Å². The molecule has 0 bridgehead atoms. The van der Waals surface area contributed by atoms with Gasteiger partial charge in [0, 0.05) is 0 Å². The van der Waals surface area contributed by atoms with E-state index in [4.69, 9.17) is 9.84 Å². The van der Waals surface area contributed by atoms with Crippen LogP contribution in [0.4, 0.5) is 13.2 Å². The second-order valence-corrected chi connectivity index (χ2v) is 5.26. The summed E-state index contributed by atoms with van der Waals surface area (Å²) in [6.07, 6.45) is -7.52. The predicted molar refractivity (Wildman–Crippen MR) is 74.5 cm³/mol. The molecule has 2 unspecified atom stereocenters. The Balaban J connectivity index is 2.69. The maximum atomic E-state index is 12.3. The molecule has 1 amide bonds. The Hall–Kier alpha value is -1.77. The Labute approximate surface area is 132 Å². The molecule has 0 spiro atoms. The van der Waals surface area contributed by atoms with Crippen molar-refractivity contribution in [2.75, 3.05) is 0 Å². The van der Waals surface area contributed by atoms with Crippen LogP contribution in [0.3, 0.4) is 0 Å². The van der Waals surface area contributed by atoms with Crippen molar-refractivity contribution in [2.45, 2.75) is 31.7 Å². The Morgan fingerprint density at radius 2 is 1.95 bits per heavy atom. The quantitative estimate of drug-likeness (QED) is 0.791. The number of hydrogen-bond acceptors (Lipinski definition) is 3. The molecule has 0 heterocycles. The summed E-state index contributed by atoms with van der Waals surface area (Å²) in [7, 11) is 0. The van der Waals surface area contributed by atoms with Gasteiger partial charge in [-0.2, -0.15) is 13.2 Å². The van der Waals surface area contributed by atoms with E-state index in [-0.39, 0.29) is 0 Å². The van der Waals surface area contributed by atoms with E-state index in [1.165, 1.54) is 6.92 Å². The second kappa shape index (κ2) is 7.48. The normalized spacial score (nSPS) is 14.0. The fraction of sp³-hybridized carbons (Fsp3) is 0.385. The number of carbonyl (C=O) groups is 2. The lowest BCUT2D eigenvalue weighted by atomic mass is 10.2. The molecule has 1 aromatic carbocycles. The number of carbonyl (C=O) groups excluding carboxylic acids is 1. The van der Waals surface area contributed by atoms with Gasteiger partial charge in [-0.05, 0) is 35.0 Å². The van der Waals surface area contributed by atoms with Gasteiger partial charge in [-0.1, -0.05) is 12.1 Å². The zero-order valence-electron chi connectivity index (χ0n) is 11.4. The highest BCUT2D eigenvalue weighted by atomic mass is 79.9. The first-order chi connectivity index (χ1) is 10.1. The Morgan fingerprint density at radius 3 is 2.45 bits per heavy atom. The molecule has 0 aromatic heterocycles. The van der Waals surface area contributed by atoms with Gasteiger partial charge in [0.05, 0.1) is 10.9 Å². The number of nitrogens with one attached hydrogen (secondary N) is 1. The lowest BCUT2D eigenvalue weighted by molar-refractivity contribution is -0.160. The van der Waals surface area contributed by atoms with E-state index in [1.807, 2.05) is 5.32 Å². The third kappa shape index (κ3) is 5.92. The first-order valence-corrected chi connectivity index (χ1v) is 6.90. The molecule has 1 rings (SSSR count). The molecule has 0 aliphatic heterocycles. The molecule has 0 aliphatic rings. The number of para-hydroxylation sites is 1. The van der Waals surface area contributed by atoms with E-state index >= 15 is 0 Å². The van der Waals surface area contributed by atoms with Gasteiger partial charge in [0.15, 0.2) is 6.10 Å². The number of rotatable bonds is 6. The first-order valence-electron chi connectivity index (χ1n) is 6.11. The van der Waals surface area contributed by atoms with Crippen molar-refractivity contribution in [2.24, 2.45) is 0 Å². The standard InChI is InChI=1S/C13H13BrF3NO4/c1-7(22-10-5-3-2-4-8(10)14)11(19)18-9(12(20)21)6-13(15,16)17/h2-5,7,9H,6H2,1H3,(H,18,19)(H,20,21). The van der Waals surface area contributed by atoms with Crippen LogP contribution in [-0.4, -0.2) is 35.3 Å². The van der Waals surface area contributed by atoms with E-state index in [2.05, 4.69) is 15.9 Å². The van der Waals surface area contributed by atoms with Gasteiger partial charge < -0.3 is 15.2 Å². The Morgan fingerprint density at radius 1 is 1.36 bits per heavy atom. The summed E-state index contributed by atoms with van der Waals surface area (Å²) in [4.78, 5) is 22.6. The van der Waals surface area contributed by atoms with Gasteiger partial charge in [0.1, 0.15) is 11.8 Å². The minimum Gasteiger partial charge on any atom is -0.480 e. The molecular weight excluding hydrogens is 371 g/mol. The van der Waals surface area contributed by atoms with Crippen LogP contribution >= 0.6 is 15.9 Å². The van der Waals surface area contributed by atoms with E-state index in [0.29, 0.717) is 10.2 Å². The number of amides is 1. The highest BCUT2D eigenvalue weighted by molar-refractivity contribution is 9.10. The van der Waals surface area contributed by atoms with E-state index in [0.717, 1.165) is 0 Å². The van der Waals surface area contributed by atoms with Crippen molar-refractivity contribution in [1.29, 1.82) is 0 Å². The molecule has 2 atom stereocenters. The minimum atomic E-state index is -4.71. The maximum absolute atomic E-state index is 12.3. The summed E-state index contributed by atoms with van der Waals surface area (Å²) < 4.78 is 42.6.